The van der Waals surface area contributed by atoms with E-state index < -0.39 is 30.8 Å². The highest BCUT2D eigenvalue weighted by molar-refractivity contribution is 9.10. The standard InChI is InChI=1S/C12H11BrF6O2/c1-21-7-2-3-8(13)6(4-7)5-9(20)10(11(14,15)16)12(17,18)19/h2-4,9-10,20H,5H2,1H3. The van der Waals surface area contributed by atoms with E-state index in [0.717, 1.165) is 0 Å². The zero-order valence-corrected chi connectivity index (χ0v) is 12.2. The minimum atomic E-state index is -5.58. The SMILES string of the molecule is COc1ccc(Br)c(CC(O)C(C(F)(F)F)C(F)(F)F)c1. The summed E-state index contributed by atoms with van der Waals surface area (Å²) in [5, 5.41) is 9.42. The summed E-state index contributed by atoms with van der Waals surface area (Å²) in [6, 6.07) is 4.15. The average Bonchev–Trinajstić information content (AvgIpc) is 2.28. The Labute approximate surface area is 124 Å². The molecule has 120 valence electrons. The summed E-state index contributed by atoms with van der Waals surface area (Å²) < 4.78 is 80.1. The lowest BCUT2D eigenvalue weighted by Crippen LogP contribution is -2.45. The maximum atomic E-state index is 12.5. The Hall–Kier alpha value is -0.960. The summed E-state index contributed by atoms with van der Waals surface area (Å²) >= 11 is 3.01. The highest BCUT2D eigenvalue weighted by Crippen LogP contribution is 2.42. The minimum absolute atomic E-state index is 0.0837. The Kier molecular flexibility index (Phi) is 5.54. The maximum Gasteiger partial charge on any atom is 0.403 e. The molecule has 2 nitrogen and oxygen atoms in total. The molecule has 1 rings (SSSR count). The normalized spacial score (nSPS) is 14.4. The van der Waals surface area contributed by atoms with Crippen LogP contribution in [0.2, 0.25) is 0 Å². The van der Waals surface area contributed by atoms with Crippen molar-refractivity contribution in [1.29, 1.82) is 0 Å². The van der Waals surface area contributed by atoms with E-state index in [2.05, 4.69) is 15.9 Å². The van der Waals surface area contributed by atoms with Gasteiger partial charge in [-0.2, -0.15) is 26.3 Å². The number of aliphatic hydroxyl groups is 1. The minimum Gasteiger partial charge on any atom is -0.497 e. The summed E-state index contributed by atoms with van der Waals surface area (Å²) in [6.07, 6.45) is -14.6. The molecule has 1 aromatic carbocycles. The first-order chi connectivity index (χ1) is 9.46. The molecule has 0 radical (unpaired) electrons. The molecule has 0 saturated carbocycles. The molecule has 1 unspecified atom stereocenters. The number of ether oxygens (including phenoxy) is 1. The number of methoxy groups -OCH3 is 1. The molecule has 21 heavy (non-hydrogen) atoms. The molecule has 0 aromatic heterocycles. The molecule has 1 atom stereocenters. The molecule has 0 fully saturated rings. The summed E-state index contributed by atoms with van der Waals surface area (Å²) in [5.41, 5.74) is 0.0837. The number of hydrogen-bond donors (Lipinski definition) is 1. The van der Waals surface area contributed by atoms with Crippen LogP contribution in [-0.4, -0.2) is 30.7 Å². The number of rotatable bonds is 4. The quantitative estimate of drug-likeness (QED) is 0.796. The Balaban J connectivity index is 3.05. The molecular weight excluding hydrogens is 370 g/mol. The summed E-state index contributed by atoms with van der Waals surface area (Å²) in [6.45, 7) is 0. The Morgan fingerprint density at radius 1 is 1.14 bits per heavy atom. The van der Waals surface area contributed by atoms with Gasteiger partial charge in [-0.05, 0) is 23.8 Å². The van der Waals surface area contributed by atoms with Crippen LogP contribution in [0.1, 0.15) is 5.56 Å². The van der Waals surface area contributed by atoms with Gasteiger partial charge in [-0.3, -0.25) is 0 Å². The van der Waals surface area contributed by atoms with Crippen LogP contribution in [0.5, 0.6) is 5.75 Å². The molecule has 0 amide bonds. The van der Waals surface area contributed by atoms with Gasteiger partial charge in [0.25, 0.3) is 0 Å². The summed E-state index contributed by atoms with van der Waals surface area (Å²) in [4.78, 5) is 0. The fraction of sp³-hybridized carbons (Fsp3) is 0.500. The van der Waals surface area contributed by atoms with E-state index >= 15 is 0 Å². The van der Waals surface area contributed by atoms with Crippen LogP contribution in [0.15, 0.2) is 22.7 Å². The Bertz CT molecular complexity index is 472. The van der Waals surface area contributed by atoms with Crippen LogP contribution >= 0.6 is 15.9 Å². The third-order valence-corrected chi connectivity index (χ3v) is 3.55. The molecule has 0 aliphatic rings. The first kappa shape index (κ1) is 18.1. The lowest BCUT2D eigenvalue weighted by Gasteiger charge is -2.27. The van der Waals surface area contributed by atoms with Crippen molar-refractivity contribution in [3.63, 3.8) is 0 Å². The molecule has 0 aliphatic heterocycles. The molecule has 0 heterocycles. The van der Waals surface area contributed by atoms with Crippen molar-refractivity contribution in [1.82, 2.24) is 0 Å². The van der Waals surface area contributed by atoms with Crippen molar-refractivity contribution in [3.8, 4) is 5.75 Å². The zero-order valence-electron chi connectivity index (χ0n) is 10.6. The van der Waals surface area contributed by atoms with E-state index in [1.807, 2.05) is 0 Å². The zero-order chi connectivity index (χ0) is 16.4. The van der Waals surface area contributed by atoms with Gasteiger partial charge >= 0.3 is 12.4 Å². The second kappa shape index (κ2) is 6.43. The van der Waals surface area contributed by atoms with Gasteiger partial charge in [0, 0.05) is 10.9 Å². The van der Waals surface area contributed by atoms with Gasteiger partial charge in [0.2, 0.25) is 0 Å². The van der Waals surface area contributed by atoms with Crippen molar-refractivity contribution in [3.05, 3.63) is 28.2 Å². The van der Waals surface area contributed by atoms with Crippen LogP contribution in [-0.2, 0) is 6.42 Å². The second-order valence-electron chi connectivity index (χ2n) is 4.29. The van der Waals surface area contributed by atoms with Crippen molar-refractivity contribution >= 4 is 15.9 Å². The van der Waals surface area contributed by atoms with Gasteiger partial charge in [-0.25, -0.2) is 0 Å². The largest absolute Gasteiger partial charge is 0.497 e. The third-order valence-electron chi connectivity index (χ3n) is 2.77. The number of aliphatic hydroxyl groups excluding tert-OH is 1. The number of alkyl halides is 6. The molecule has 0 bridgehead atoms. The van der Waals surface area contributed by atoms with Crippen LogP contribution < -0.4 is 4.74 Å². The molecule has 0 spiro atoms. The van der Waals surface area contributed by atoms with Crippen molar-refractivity contribution < 1.29 is 36.2 Å². The van der Waals surface area contributed by atoms with E-state index in [0.29, 0.717) is 0 Å². The van der Waals surface area contributed by atoms with Crippen LogP contribution in [0.25, 0.3) is 0 Å². The fourth-order valence-corrected chi connectivity index (χ4v) is 2.21. The lowest BCUT2D eigenvalue weighted by molar-refractivity contribution is -0.305. The van der Waals surface area contributed by atoms with Crippen LogP contribution in [0, 0.1) is 5.92 Å². The first-order valence-corrected chi connectivity index (χ1v) is 6.40. The molecule has 1 N–H and O–H groups in total. The maximum absolute atomic E-state index is 12.5. The summed E-state index contributed by atoms with van der Waals surface area (Å²) in [7, 11) is 1.30. The molecule has 0 aliphatic carbocycles. The monoisotopic (exact) mass is 380 g/mol. The Morgan fingerprint density at radius 3 is 2.10 bits per heavy atom. The van der Waals surface area contributed by atoms with Crippen LogP contribution in [0.3, 0.4) is 0 Å². The predicted molar refractivity (Wildman–Crippen MR) is 66.0 cm³/mol. The topological polar surface area (TPSA) is 29.5 Å². The van der Waals surface area contributed by atoms with E-state index in [1.54, 1.807) is 0 Å². The van der Waals surface area contributed by atoms with E-state index in [1.165, 1.54) is 25.3 Å². The van der Waals surface area contributed by atoms with Crippen molar-refractivity contribution in [2.24, 2.45) is 5.92 Å². The van der Waals surface area contributed by atoms with Gasteiger partial charge < -0.3 is 9.84 Å². The molecule has 0 saturated heterocycles. The highest BCUT2D eigenvalue weighted by Gasteiger charge is 2.60. The van der Waals surface area contributed by atoms with Gasteiger partial charge in [-0.1, -0.05) is 15.9 Å². The predicted octanol–water partition coefficient (Wildman–Crippen LogP) is 4.10. The van der Waals surface area contributed by atoms with Gasteiger partial charge in [0.1, 0.15) is 5.75 Å². The fourth-order valence-electron chi connectivity index (χ4n) is 1.80. The number of hydrogen-bond acceptors (Lipinski definition) is 2. The lowest BCUT2D eigenvalue weighted by atomic mass is 9.95. The number of benzene rings is 1. The smallest absolute Gasteiger partial charge is 0.403 e. The van der Waals surface area contributed by atoms with Gasteiger partial charge in [0.15, 0.2) is 5.92 Å². The first-order valence-electron chi connectivity index (χ1n) is 5.60. The highest BCUT2D eigenvalue weighted by atomic mass is 79.9. The molecular formula is C12H11BrF6O2. The average molecular weight is 381 g/mol. The summed E-state index contributed by atoms with van der Waals surface area (Å²) in [5.74, 6) is -3.54. The van der Waals surface area contributed by atoms with Crippen molar-refractivity contribution in [2.75, 3.05) is 7.11 Å². The van der Waals surface area contributed by atoms with E-state index in [-0.39, 0.29) is 15.8 Å². The van der Waals surface area contributed by atoms with Crippen LogP contribution in [0.4, 0.5) is 26.3 Å². The van der Waals surface area contributed by atoms with E-state index in [4.69, 9.17) is 4.74 Å². The van der Waals surface area contributed by atoms with E-state index in [9.17, 15) is 31.4 Å². The third kappa shape index (κ3) is 4.77. The van der Waals surface area contributed by atoms with Crippen molar-refractivity contribution in [2.45, 2.75) is 24.9 Å². The second-order valence-corrected chi connectivity index (χ2v) is 5.14. The van der Waals surface area contributed by atoms with Gasteiger partial charge in [-0.15, -0.1) is 0 Å². The Morgan fingerprint density at radius 2 is 1.67 bits per heavy atom. The molecule has 1 aromatic rings. The molecule has 9 heteroatoms. The number of halogens is 7. The van der Waals surface area contributed by atoms with Gasteiger partial charge in [0.05, 0.1) is 13.2 Å².